The molecule has 2 aromatic rings. The third-order valence-corrected chi connectivity index (χ3v) is 5.82. The summed E-state index contributed by atoms with van der Waals surface area (Å²) in [5.41, 5.74) is 1.92. The van der Waals surface area contributed by atoms with E-state index in [1.54, 1.807) is 12.1 Å². The van der Waals surface area contributed by atoms with E-state index in [1.165, 1.54) is 50.2 Å². The predicted octanol–water partition coefficient (Wildman–Crippen LogP) is 1.55. The highest BCUT2D eigenvalue weighted by Crippen LogP contribution is 2.16. The molecule has 31 heavy (non-hydrogen) atoms. The number of amides is 2. The number of likely N-dealkylation sites (N-methyl/N-ethyl adjacent to an activating group) is 1. The molecule has 2 amide bonds. The molecular formula is C21H25N3O6S. The minimum absolute atomic E-state index is 0.0927. The van der Waals surface area contributed by atoms with Crippen molar-refractivity contribution < 1.29 is 27.5 Å². The van der Waals surface area contributed by atoms with Crippen molar-refractivity contribution in [2.45, 2.75) is 24.8 Å². The van der Waals surface area contributed by atoms with E-state index >= 15 is 0 Å². The molecule has 2 aromatic carbocycles. The van der Waals surface area contributed by atoms with Gasteiger partial charge in [0.15, 0.2) is 6.61 Å². The number of anilines is 1. The number of aryl methyl sites for hydroxylation is 1. The van der Waals surface area contributed by atoms with Crippen molar-refractivity contribution in [2.24, 2.45) is 0 Å². The lowest BCUT2D eigenvalue weighted by Crippen LogP contribution is -2.40. The monoisotopic (exact) mass is 447 g/mol. The SMILES string of the molecule is Cc1ccc(C(=O)Nc2ccc(S(=O)(=O)NC(C)C(=O)OCC(=O)N(C)C)cc2)cc1. The van der Waals surface area contributed by atoms with Gasteiger partial charge in [-0.05, 0) is 50.2 Å². The van der Waals surface area contributed by atoms with Crippen LogP contribution in [0.15, 0.2) is 53.4 Å². The molecule has 0 bridgehead atoms. The van der Waals surface area contributed by atoms with Crippen LogP contribution in [0.1, 0.15) is 22.8 Å². The fourth-order valence-corrected chi connectivity index (χ4v) is 3.55. The van der Waals surface area contributed by atoms with Crippen molar-refractivity contribution in [2.75, 3.05) is 26.0 Å². The molecular weight excluding hydrogens is 422 g/mol. The van der Waals surface area contributed by atoms with Crippen LogP contribution in [-0.2, 0) is 24.3 Å². The van der Waals surface area contributed by atoms with Gasteiger partial charge in [0.2, 0.25) is 10.0 Å². The molecule has 10 heteroatoms. The van der Waals surface area contributed by atoms with Crippen LogP contribution >= 0.6 is 0 Å². The summed E-state index contributed by atoms with van der Waals surface area (Å²) in [5.74, 6) is -1.62. The average Bonchev–Trinajstić information content (AvgIpc) is 2.72. The van der Waals surface area contributed by atoms with E-state index in [0.717, 1.165) is 5.56 Å². The van der Waals surface area contributed by atoms with E-state index < -0.39 is 34.5 Å². The number of esters is 1. The smallest absolute Gasteiger partial charge is 0.324 e. The van der Waals surface area contributed by atoms with Crippen LogP contribution in [0.2, 0.25) is 0 Å². The number of benzene rings is 2. The predicted molar refractivity (Wildman–Crippen MR) is 115 cm³/mol. The highest BCUT2D eigenvalue weighted by atomic mass is 32.2. The molecule has 0 saturated heterocycles. The summed E-state index contributed by atoms with van der Waals surface area (Å²) in [6.45, 7) is 2.75. The molecule has 1 unspecified atom stereocenters. The van der Waals surface area contributed by atoms with Crippen molar-refractivity contribution in [1.82, 2.24) is 9.62 Å². The highest BCUT2D eigenvalue weighted by molar-refractivity contribution is 7.89. The first-order chi connectivity index (χ1) is 14.5. The Kier molecular flexibility index (Phi) is 7.89. The number of hydrogen-bond acceptors (Lipinski definition) is 6. The zero-order valence-corrected chi connectivity index (χ0v) is 18.5. The van der Waals surface area contributed by atoms with Gasteiger partial charge < -0.3 is 15.0 Å². The van der Waals surface area contributed by atoms with Crippen molar-refractivity contribution in [3.8, 4) is 0 Å². The summed E-state index contributed by atoms with van der Waals surface area (Å²) in [6, 6.07) is 11.3. The fourth-order valence-electron chi connectivity index (χ4n) is 2.36. The van der Waals surface area contributed by atoms with E-state index in [4.69, 9.17) is 4.74 Å². The summed E-state index contributed by atoms with van der Waals surface area (Å²) >= 11 is 0. The maximum absolute atomic E-state index is 12.5. The van der Waals surface area contributed by atoms with Gasteiger partial charge in [-0.15, -0.1) is 0 Å². The van der Waals surface area contributed by atoms with Crippen LogP contribution in [-0.4, -0.2) is 57.8 Å². The first-order valence-corrected chi connectivity index (χ1v) is 10.8. The Bertz CT molecular complexity index is 1050. The molecule has 0 aliphatic rings. The third-order valence-electron chi connectivity index (χ3n) is 4.26. The van der Waals surface area contributed by atoms with Crippen molar-refractivity contribution in [1.29, 1.82) is 0 Å². The van der Waals surface area contributed by atoms with Gasteiger partial charge in [0.1, 0.15) is 6.04 Å². The summed E-state index contributed by atoms with van der Waals surface area (Å²) in [4.78, 5) is 36.8. The van der Waals surface area contributed by atoms with Crippen molar-refractivity contribution in [3.05, 3.63) is 59.7 Å². The Morgan fingerprint density at radius 1 is 1.00 bits per heavy atom. The quantitative estimate of drug-likeness (QED) is 0.592. The maximum atomic E-state index is 12.5. The Balaban J connectivity index is 1.98. The molecule has 0 aliphatic heterocycles. The Hall–Kier alpha value is -3.24. The molecule has 166 valence electrons. The molecule has 0 heterocycles. The van der Waals surface area contributed by atoms with Gasteiger partial charge in [-0.1, -0.05) is 17.7 Å². The Morgan fingerprint density at radius 3 is 2.13 bits per heavy atom. The molecule has 9 nitrogen and oxygen atoms in total. The number of ether oxygens (including phenoxy) is 1. The molecule has 0 fully saturated rings. The minimum atomic E-state index is -4.02. The zero-order chi connectivity index (χ0) is 23.2. The number of carbonyl (C=O) groups excluding carboxylic acids is 3. The van der Waals surface area contributed by atoms with Crippen LogP contribution in [0, 0.1) is 6.92 Å². The average molecular weight is 448 g/mol. The molecule has 0 radical (unpaired) electrons. The summed E-state index contributed by atoms with van der Waals surface area (Å²) in [6.07, 6.45) is 0. The topological polar surface area (TPSA) is 122 Å². The number of carbonyl (C=O) groups is 3. The lowest BCUT2D eigenvalue weighted by Gasteiger charge is -2.15. The second-order valence-corrected chi connectivity index (χ2v) is 8.80. The number of nitrogens with one attached hydrogen (secondary N) is 2. The zero-order valence-electron chi connectivity index (χ0n) is 17.7. The minimum Gasteiger partial charge on any atom is -0.454 e. The van der Waals surface area contributed by atoms with Crippen LogP contribution in [0.5, 0.6) is 0 Å². The van der Waals surface area contributed by atoms with Crippen LogP contribution in [0.3, 0.4) is 0 Å². The van der Waals surface area contributed by atoms with Crippen molar-refractivity contribution in [3.63, 3.8) is 0 Å². The second kappa shape index (κ2) is 10.2. The van der Waals surface area contributed by atoms with Gasteiger partial charge >= 0.3 is 5.97 Å². The van der Waals surface area contributed by atoms with E-state index in [2.05, 4.69) is 10.0 Å². The summed E-state index contributed by atoms with van der Waals surface area (Å²) in [7, 11) is -1.00. The van der Waals surface area contributed by atoms with Crippen molar-refractivity contribution >= 4 is 33.5 Å². The van der Waals surface area contributed by atoms with Gasteiger partial charge in [-0.25, -0.2) is 8.42 Å². The van der Waals surface area contributed by atoms with Gasteiger partial charge in [0.05, 0.1) is 4.90 Å². The molecule has 2 rings (SSSR count). The summed E-state index contributed by atoms with van der Waals surface area (Å²) < 4.78 is 32.0. The third kappa shape index (κ3) is 6.90. The molecule has 0 aliphatic carbocycles. The van der Waals surface area contributed by atoms with E-state index in [1.807, 2.05) is 19.1 Å². The first-order valence-electron chi connectivity index (χ1n) is 9.37. The normalized spacial score (nSPS) is 12.0. The van der Waals surface area contributed by atoms with Gasteiger partial charge in [0.25, 0.3) is 11.8 Å². The number of hydrogen-bond donors (Lipinski definition) is 2. The summed E-state index contributed by atoms with van der Waals surface area (Å²) in [5, 5.41) is 2.69. The second-order valence-electron chi connectivity index (χ2n) is 7.08. The van der Waals surface area contributed by atoms with Gasteiger partial charge in [-0.3, -0.25) is 14.4 Å². The lowest BCUT2D eigenvalue weighted by atomic mass is 10.1. The van der Waals surface area contributed by atoms with E-state index in [9.17, 15) is 22.8 Å². The van der Waals surface area contributed by atoms with Crippen LogP contribution in [0.4, 0.5) is 5.69 Å². The first kappa shape index (κ1) is 24.0. The highest BCUT2D eigenvalue weighted by Gasteiger charge is 2.24. The standard InChI is InChI=1S/C21H25N3O6S/c1-14-5-7-16(8-6-14)20(26)22-17-9-11-18(12-10-17)31(28,29)23-15(2)21(27)30-13-19(25)24(3)4/h5-12,15,23H,13H2,1-4H3,(H,22,26). The molecule has 0 spiro atoms. The Labute approximate surface area is 181 Å². The number of rotatable bonds is 8. The number of nitrogens with zero attached hydrogens (tertiary/aromatic N) is 1. The molecule has 2 N–H and O–H groups in total. The van der Waals surface area contributed by atoms with E-state index in [-0.39, 0.29) is 10.8 Å². The maximum Gasteiger partial charge on any atom is 0.324 e. The lowest BCUT2D eigenvalue weighted by molar-refractivity contribution is -0.152. The van der Waals surface area contributed by atoms with Crippen LogP contribution in [0.25, 0.3) is 0 Å². The fraction of sp³-hybridized carbons (Fsp3) is 0.286. The molecule has 0 saturated carbocycles. The van der Waals surface area contributed by atoms with E-state index in [0.29, 0.717) is 11.3 Å². The Morgan fingerprint density at radius 2 is 1.58 bits per heavy atom. The van der Waals surface area contributed by atoms with Gasteiger partial charge in [0, 0.05) is 25.3 Å². The number of sulfonamides is 1. The molecule has 1 atom stereocenters. The van der Waals surface area contributed by atoms with Crippen LogP contribution < -0.4 is 10.0 Å². The molecule has 0 aromatic heterocycles. The largest absolute Gasteiger partial charge is 0.454 e. The van der Waals surface area contributed by atoms with Gasteiger partial charge in [-0.2, -0.15) is 4.72 Å².